The van der Waals surface area contributed by atoms with Gasteiger partial charge in [-0.3, -0.25) is 9.59 Å². The van der Waals surface area contributed by atoms with Crippen LogP contribution in [0.15, 0.2) is 97.2 Å². The highest BCUT2D eigenvalue weighted by molar-refractivity contribution is 5.72. The molecule has 0 aromatic rings. The molecule has 0 rings (SSSR count). The largest absolute Gasteiger partial charge is 0.477 e. The molecule has 8 nitrogen and oxygen atoms in total. The third kappa shape index (κ3) is 47.3. The number of allylic oxidation sites excluding steroid dienone is 16. The molecule has 0 aromatic carbocycles. The maximum Gasteiger partial charge on any atom is 0.362 e. The van der Waals surface area contributed by atoms with Crippen LogP contribution in [0.5, 0.6) is 0 Å². The summed E-state index contributed by atoms with van der Waals surface area (Å²) in [5.74, 6) is -1.49. The number of unbranched alkanes of at least 4 members (excludes halogenated alkanes) is 18. The van der Waals surface area contributed by atoms with Crippen LogP contribution in [0.1, 0.15) is 213 Å². The molecule has 0 spiro atoms. The van der Waals surface area contributed by atoms with Gasteiger partial charge >= 0.3 is 17.9 Å². The molecule has 388 valence electrons. The number of carboxylic acid groups (broad SMARTS) is 1. The van der Waals surface area contributed by atoms with Crippen LogP contribution in [-0.2, 0) is 28.6 Å². The van der Waals surface area contributed by atoms with Crippen LogP contribution in [0.2, 0.25) is 0 Å². The fourth-order valence-corrected chi connectivity index (χ4v) is 7.60. The highest BCUT2D eigenvalue weighted by Gasteiger charge is 2.31. The van der Waals surface area contributed by atoms with Crippen LogP contribution in [0.4, 0.5) is 0 Å². The Kier molecular flexibility index (Phi) is 46.9. The summed E-state index contributed by atoms with van der Waals surface area (Å²) in [6.07, 6.45) is 67.4. The van der Waals surface area contributed by atoms with Crippen molar-refractivity contribution in [2.75, 3.05) is 41.0 Å². The van der Waals surface area contributed by atoms with E-state index in [1.54, 1.807) is 0 Å². The number of carboxylic acids is 1. The standard InChI is InChI=1S/C60H101NO7/c1-6-8-10-12-14-16-18-20-22-24-26-28-29-31-33-35-37-39-41-43-45-47-49-51-59(63)68-56(54-66-53-52-57(60(64)65)61(3,4)5)55-67-58(62)50-48-46-44-42-40-38-36-34-32-30-27-25-23-21-19-17-15-13-11-9-7-2/h8-11,14-17,20-23,26,28,31,33,56-57H,6-7,12-13,18-19,24-25,27,29-30,32,34-55H2,1-5H3/p+1/b10-8+,11-9+,16-14+,17-15+,22-20+,23-21+,28-26+,33-31+. The van der Waals surface area contributed by atoms with Crippen molar-refractivity contribution in [3.05, 3.63) is 97.2 Å². The number of carbonyl (C=O) groups excluding carboxylic acids is 2. The van der Waals surface area contributed by atoms with Gasteiger partial charge < -0.3 is 23.8 Å². The van der Waals surface area contributed by atoms with Crippen LogP contribution >= 0.6 is 0 Å². The smallest absolute Gasteiger partial charge is 0.362 e. The maximum atomic E-state index is 12.8. The van der Waals surface area contributed by atoms with E-state index in [1.165, 1.54) is 77.0 Å². The highest BCUT2D eigenvalue weighted by atomic mass is 16.6. The van der Waals surface area contributed by atoms with E-state index in [0.717, 1.165) is 103 Å². The lowest BCUT2D eigenvalue weighted by atomic mass is 10.0. The van der Waals surface area contributed by atoms with Gasteiger partial charge in [-0.15, -0.1) is 0 Å². The SMILES string of the molecule is CC/C=C/C/C=C/C/C=C/C/C=C/C/C=C/CCCCCCCCCC(=O)OC(COCCC(C(=O)O)[N+](C)(C)C)COC(=O)CCCCCCCCCCCCC/C=C/C/C=C/C/C=C/CC. The maximum absolute atomic E-state index is 12.8. The van der Waals surface area contributed by atoms with E-state index in [2.05, 4.69) is 111 Å². The van der Waals surface area contributed by atoms with Gasteiger partial charge in [-0.25, -0.2) is 4.79 Å². The van der Waals surface area contributed by atoms with Crippen molar-refractivity contribution < 1.29 is 38.2 Å². The molecule has 2 unspecified atom stereocenters. The molecule has 8 heteroatoms. The first-order valence-corrected chi connectivity index (χ1v) is 27.3. The normalized spacial score (nSPS) is 13.6. The Morgan fingerprint density at radius 1 is 0.441 bits per heavy atom. The van der Waals surface area contributed by atoms with Gasteiger partial charge in [0.05, 0.1) is 34.4 Å². The zero-order valence-corrected chi connectivity index (χ0v) is 44.3. The van der Waals surface area contributed by atoms with Gasteiger partial charge in [0.15, 0.2) is 12.1 Å². The molecule has 0 saturated carbocycles. The molecule has 0 aromatic heterocycles. The van der Waals surface area contributed by atoms with Crippen molar-refractivity contribution in [2.24, 2.45) is 0 Å². The van der Waals surface area contributed by atoms with Crippen LogP contribution in [-0.4, -0.2) is 80.6 Å². The minimum Gasteiger partial charge on any atom is -0.477 e. The summed E-state index contributed by atoms with van der Waals surface area (Å²) in [5, 5.41) is 9.67. The second kappa shape index (κ2) is 49.7. The van der Waals surface area contributed by atoms with Crippen LogP contribution in [0.3, 0.4) is 0 Å². The lowest BCUT2D eigenvalue weighted by Crippen LogP contribution is -2.50. The number of aliphatic carboxylic acids is 1. The number of carbonyl (C=O) groups is 3. The summed E-state index contributed by atoms with van der Waals surface area (Å²) in [4.78, 5) is 37.3. The lowest BCUT2D eigenvalue weighted by Gasteiger charge is -2.31. The summed E-state index contributed by atoms with van der Waals surface area (Å²) < 4.78 is 17.4. The summed E-state index contributed by atoms with van der Waals surface area (Å²) in [6.45, 7) is 4.51. The zero-order chi connectivity index (χ0) is 49.9. The lowest BCUT2D eigenvalue weighted by molar-refractivity contribution is -0.887. The number of rotatable bonds is 48. The molecule has 0 saturated heterocycles. The Bertz CT molecular complexity index is 1430. The van der Waals surface area contributed by atoms with Crippen molar-refractivity contribution in [1.29, 1.82) is 0 Å². The number of nitrogens with zero attached hydrogens (tertiary/aromatic N) is 1. The molecule has 2 atom stereocenters. The zero-order valence-electron chi connectivity index (χ0n) is 44.3. The summed E-state index contributed by atoms with van der Waals surface area (Å²) in [6, 6.07) is -0.623. The van der Waals surface area contributed by atoms with Gasteiger partial charge in [0.1, 0.15) is 6.61 Å². The van der Waals surface area contributed by atoms with Crippen molar-refractivity contribution in [3.8, 4) is 0 Å². The number of hydrogen-bond donors (Lipinski definition) is 1. The van der Waals surface area contributed by atoms with Gasteiger partial charge in [0.25, 0.3) is 0 Å². The van der Waals surface area contributed by atoms with E-state index in [4.69, 9.17) is 14.2 Å². The molecular formula is C60H102NO7+. The summed E-state index contributed by atoms with van der Waals surface area (Å²) >= 11 is 0. The van der Waals surface area contributed by atoms with Crippen molar-refractivity contribution >= 4 is 17.9 Å². The van der Waals surface area contributed by atoms with Crippen LogP contribution < -0.4 is 0 Å². The minimum atomic E-state index is -0.879. The third-order valence-corrected chi connectivity index (χ3v) is 11.7. The third-order valence-electron chi connectivity index (χ3n) is 11.7. The predicted octanol–water partition coefficient (Wildman–Crippen LogP) is 16.2. The topological polar surface area (TPSA) is 99.1 Å². The molecule has 0 bridgehead atoms. The second-order valence-corrected chi connectivity index (χ2v) is 19.1. The van der Waals surface area contributed by atoms with Crippen molar-refractivity contribution in [2.45, 2.75) is 225 Å². The fourth-order valence-electron chi connectivity index (χ4n) is 7.60. The van der Waals surface area contributed by atoms with Crippen LogP contribution in [0, 0.1) is 0 Å². The molecule has 0 amide bonds. The fraction of sp³-hybridized carbons (Fsp3) is 0.683. The van der Waals surface area contributed by atoms with E-state index in [0.29, 0.717) is 19.3 Å². The number of likely N-dealkylation sites (N-methyl/N-ethyl adjacent to an activating group) is 1. The van der Waals surface area contributed by atoms with E-state index in [9.17, 15) is 19.5 Å². The van der Waals surface area contributed by atoms with E-state index in [-0.39, 0.29) is 36.2 Å². The molecule has 68 heavy (non-hydrogen) atoms. The Balaban J connectivity index is 4.25. The number of ether oxygens (including phenoxy) is 3. The number of esters is 2. The molecule has 0 radical (unpaired) electrons. The Labute approximate surface area is 417 Å². The Morgan fingerprint density at radius 3 is 1.15 bits per heavy atom. The molecule has 0 aliphatic carbocycles. The highest BCUT2D eigenvalue weighted by Crippen LogP contribution is 2.15. The first kappa shape index (κ1) is 64.2. The Morgan fingerprint density at radius 2 is 0.779 bits per heavy atom. The molecule has 0 aliphatic rings. The van der Waals surface area contributed by atoms with E-state index in [1.807, 2.05) is 21.1 Å². The second-order valence-electron chi connectivity index (χ2n) is 19.1. The average Bonchev–Trinajstić information content (AvgIpc) is 3.30. The molecule has 0 fully saturated rings. The van der Waals surface area contributed by atoms with Gasteiger partial charge in [0, 0.05) is 19.3 Å². The molecule has 0 heterocycles. The molecule has 0 aliphatic heterocycles. The van der Waals surface area contributed by atoms with Gasteiger partial charge in [-0.1, -0.05) is 201 Å². The van der Waals surface area contributed by atoms with Crippen molar-refractivity contribution in [3.63, 3.8) is 0 Å². The first-order valence-electron chi connectivity index (χ1n) is 27.3. The van der Waals surface area contributed by atoms with Gasteiger partial charge in [-0.05, 0) is 89.9 Å². The summed E-state index contributed by atoms with van der Waals surface area (Å²) in [5.41, 5.74) is 0. The van der Waals surface area contributed by atoms with Gasteiger partial charge in [0.2, 0.25) is 0 Å². The first-order chi connectivity index (χ1) is 33.1. The Hall–Kier alpha value is -3.75. The quantitative estimate of drug-likeness (QED) is 0.0281. The summed E-state index contributed by atoms with van der Waals surface area (Å²) in [7, 11) is 5.53. The molecular weight excluding hydrogens is 847 g/mol. The van der Waals surface area contributed by atoms with E-state index >= 15 is 0 Å². The average molecular weight is 949 g/mol. The number of hydrogen-bond acceptors (Lipinski definition) is 6. The van der Waals surface area contributed by atoms with E-state index < -0.39 is 18.1 Å². The monoisotopic (exact) mass is 949 g/mol. The van der Waals surface area contributed by atoms with Crippen molar-refractivity contribution in [1.82, 2.24) is 0 Å². The minimum absolute atomic E-state index is 0.0509. The molecule has 1 N–H and O–H groups in total. The van der Waals surface area contributed by atoms with Crippen LogP contribution in [0.25, 0.3) is 0 Å². The number of quaternary nitrogens is 1. The predicted molar refractivity (Wildman–Crippen MR) is 289 cm³/mol. The van der Waals surface area contributed by atoms with Gasteiger partial charge in [-0.2, -0.15) is 0 Å².